The average Bonchev–Trinajstić information content (AvgIpc) is 2.82. The van der Waals surface area contributed by atoms with Crippen molar-refractivity contribution in [1.29, 1.82) is 0 Å². The summed E-state index contributed by atoms with van der Waals surface area (Å²) in [4.78, 5) is 28.4. The predicted molar refractivity (Wildman–Crippen MR) is 134 cm³/mol. The number of hydrogen-bond donors (Lipinski definition) is 1. The Balaban J connectivity index is 1.87. The molecule has 1 N–H and O–H groups in total. The van der Waals surface area contributed by atoms with Gasteiger partial charge in [0.2, 0.25) is 11.8 Å². The predicted octanol–water partition coefficient (Wildman–Crippen LogP) is 5.36. The highest BCUT2D eigenvalue weighted by molar-refractivity contribution is 6.30. The van der Waals surface area contributed by atoms with E-state index in [2.05, 4.69) is 29.6 Å². The Kier molecular flexibility index (Phi) is 9.08. The van der Waals surface area contributed by atoms with E-state index in [-0.39, 0.29) is 11.8 Å². The average molecular weight is 463 g/mol. The molecule has 0 bridgehead atoms. The van der Waals surface area contributed by atoms with Crippen LogP contribution in [0, 0.1) is 6.92 Å². The molecule has 3 aromatic carbocycles. The molecule has 0 aliphatic rings. The molecule has 0 aliphatic heterocycles. The minimum atomic E-state index is -0.603. The number of amides is 2. The second kappa shape index (κ2) is 12.2. The number of benzene rings is 3. The molecule has 0 aliphatic carbocycles. The third-order valence-electron chi connectivity index (χ3n) is 5.64. The molecule has 3 rings (SSSR count). The lowest BCUT2D eigenvalue weighted by Crippen LogP contribution is -2.50. The van der Waals surface area contributed by atoms with Gasteiger partial charge >= 0.3 is 0 Å². The number of halogens is 1. The van der Waals surface area contributed by atoms with Crippen LogP contribution in [0.15, 0.2) is 78.9 Å². The molecule has 0 aromatic heterocycles. The first-order valence-corrected chi connectivity index (χ1v) is 11.7. The third kappa shape index (κ3) is 7.47. The zero-order valence-corrected chi connectivity index (χ0v) is 20.0. The molecule has 172 valence electrons. The molecule has 2 amide bonds. The second-order valence-corrected chi connectivity index (χ2v) is 8.67. The zero-order valence-electron chi connectivity index (χ0n) is 19.3. The highest BCUT2D eigenvalue weighted by Crippen LogP contribution is 2.18. The summed E-state index contributed by atoms with van der Waals surface area (Å²) < 4.78 is 0. The van der Waals surface area contributed by atoms with E-state index in [0.717, 1.165) is 16.7 Å². The first-order valence-electron chi connectivity index (χ1n) is 11.4. The van der Waals surface area contributed by atoms with Crippen LogP contribution in [-0.2, 0) is 29.0 Å². The Morgan fingerprint density at radius 3 is 2.15 bits per heavy atom. The summed E-state index contributed by atoms with van der Waals surface area (Å²) in [5, 5.41) is 3.56. The number of rotatable bonds is 10. The lowest BCUT2D eigenvalue weighted by molar-refractivity contribution is -0.141. The van der Waals surface area contributed by atoms with Crippen molar-refractivity contribution in [2.75, 3.05) is 6.54 Å². The lowest BCUT2D eigenvalue weighted by atomic mass is 10.0. The van der Waals surface area contributed by atoms with Gasteiger partial charge in [-0.05, 0) is 49.1 Å². The molecule has 0 saturated heterocycles. The Morgan fingerprint density at radius 1 is 0.879 bits per heavy atom. The first kappa shape index (κ1) is 24.5. The molecule has 5 heteroatoms. The number of nitrogens with one attached hydrogen (secondary N) is 1. The summed E-state index contributed by atoms with van der Waals surface area (Å²) >= 11 is 6.06. The standard InChI is InChI=1S/C28H31ClN2O2/c1-3-30-28(33)26(19-23-7-5-4-6-8-23)31(20-24-13-16-25(29)17-14-24)27(32)18-15-22-11-9-21(2)10-12-22/h4-14,16-17,26H,3,15,18-20H2,1-2H3,(H,30,33)/t26-/m0/s1. The van der Waals surface area contributed by atoms with Crippen LogP contribution in [-0.4, -0.2) is 29.3 Å². The van der Waals surface area contributed by atoms with Gasteiger partial charge in [0.05, 0.1) is 0 Å². The largest absolute Gasteiger partial charge is 0.355 e. The number of likely N-dealkylation sites (N-methyl/N-ethyl adjacent to an activating group) is 1. The quantitative estimate of drug-likeness (QED) is 0.441. The molecule has 3 aromatic rings. The van der Waals surface area contributed by atoms with Crippen molar-refractivity contribution < 1.29 is 9.59 Å². The van der Waals surface area contributed by atoms with Crippen molar-refractivity contribution in [1.82, 2.24) is 10.2 Å². The number of nitrogens with zero attached hydrogens (tertiary/aromatic N) is 1. The molecule has 0 spiro atoms. The van der Waals surface area contributed by atoms with Gasteiger partial charge < -0.3 is 10.2 Å². The van der Waals surface area contributed by atoms with Crippen LogP contribution < -0.4 is 5.32 Å². The van der Waals surface area contributed by atoms with Crippen LogP contribution in [0.4, 0.5) is 0 Å². The van der Waals surface area contributed by atoms with Crippen LogP contribution in [0.3, 0.4) is 0 Å². The van der Waals surface area contributed by atoms with Gasteiger partial charge in [-0.1, -0.05) is 83.9 Å². The van der Waals surface area contributed by atoms with Gasteiger partial charge in [0, 0.05) is 31.0 Å². The van der Waals surface area contributed by atoms with Crippen molar-refractivity contribution in [2.45, 2.75) is 45.7 Å². The zero-order chi connectivity index (χ0) is 23.6. The van der Waals surface area contributed by atoms with Crippen molar-refractivity contribution in [2.24, 2.45) is 0 Å². The van der Waals surface area contributed by atoms with E-state index < -0.39 is 6.04 Å². The smallest absolute Gasteiger partial charge is 0.243 e. The van der Waals surface area contributed by atoms with E-state index in [1.165, 1.54) is 5.56 Å². The van der Waals surface area contributed by atoms with Crippen LogP contribution in [0.5, 0.6) is 0 Å². The maximum absolute atomic E-state index is 13.5. The Bertz CT molecular complexity index is 1030. The Labute approximate surface area is 201 Å². The molecule has 0 heterocycles. The van der Waals surface area contributed by atoms with E-state index in [0.29, 0.717) is 37.4 Å². The molecule has 0 unspecified atom stereocenters. The van der Waals surface area contributed by atoms with E-state index in [4.69, 9.17) is 11.6 Å². The van der Waals surface area contributed by atoms with Crippen LogP contribution >= 0.6 is 11.6 Å². The SMILES string of the molecule is CCNC(=O)[C@H](Cc1ccccc1)N(Cc1ccc(Cl)cc1)C(=O)CCc1ccc(C)cc1. The maximum Gasteiger partial charge on any atom is 0.243 e. The van der Waals surface area contributed by atoms with Crippen molar-refractivity contribution in [3.63, 3.8) is 0 Å². The van der Waals surface area contributed by atoms with E-state index in [1.807, 2.05) is 68.4 Å². The summed E-state index contributed by atoms with van der Waals surface area (Å²) in [6.07, 6.45) is 1.42. The van der Waals surface area contributed by atoms with Crippen molar-refractivity contribution in [3.05, 3.63) is 106 Å². The van der Waals surface area contributed by atoms with Crippen LogP contribution in [0.2, 0.25) is 5.02 Å². The van der Waals surface area contributed by atoms with Crippen LogP contribution in [0.1, 0.15) is 35.6 Å². The highest BCUT2D eigenvalue weighted by atomic mass is 35.5. The van der Waals surface area contributed by atoms with Gasteiger partial charge in [0.25, 0.3) is 0 Å². The first-order chi connectivity index (χ1) is 16.0. The van der Waals surface area contributed by atoms with Crippen LogP contribution in [0.25, 0.3) is 0 Å². The van der Waals surface area contributed by atoms with E-state index in [1.54, 1.807) is 4.90 Å². The number of aryl methyl sites for hydroxylation is 2. The maximum atomic E-state index is 13.5. The fraction of sp³-hybridized carbons (Fsp3) is 0.286. The Morgan fingerprint density at radius 2 is 1.52 bits per heavy atom. The van der Waals surface area contributed by atoms with Gasteiger partial charge in [-0.25, -0.2) is 0 Å². The topological polar surface area (TPSA) is 49.4 Å². The molecule has 0 radical (unpaired) electrons. The molecule has 4 nitrogen and oxygen atoms in total. The molecule has 0 saturated carbocycles. The molecular formula is C28H31ClN2O2. The summed E-state index contributed by atoms with van der Waals surface area (Å²) in [6.45, 7) is 4.79. The van der Waals surface area contributed by atoms with Gasteiger partial charge in [0.15, 0.2) is 0 Å². The van der Waals surface area contributed by atoms with Gasteiger partial charge in [-0.15, -0.1) is 0 Å². The third-order valence-corrected chi connectivity index (χ3v) is 5.89. The van der Waals surface area contributed by atoms with Crippen molar-refractivity contribution >= 4 is 23.4 Å². The van der Waals surface area contributed by atoms with Gasteiger partial charge in [-0.3, -0.25) is 9.59 Å². The number of hydrogen-bond acceptors (Lipinski definition) is 2. The summed E-state index contributed by atoms with van der Waals surface area (Å²) in [7, 11) is 0. The fourth-order valence-electron chi connectivity index (χ4n) is 3.78. The molecule has 0 fully saturated rings. The summed E-state index contributed by atoms with van der Waals surface area (Å²) in [5.41, 5.74) is 4.25. The van der Waals surface area contributed by atoms with Gasteiger partial charge in [0.1, 0.15) is 6.04 Å². The summed E-state index contributed by atoms with van der Waals surface area (Å²) in [6, 6.07) is 24.9. The minimum Gasteiger partial charge on any atom is -0.355 e. The highest BCUT2D eigenvalue weighted by Gasteiger charge is 2.29. The van der Waals surface area contributed by atoms with E-state index in [9.17, 15) is 9.59 Å². The Hall–Kier alpha value is -3.11. The summed E-state index contributed by atoms with van der Waals surface area (Å²) in [5.74, 6) is -0.184. The normalized spacial score (nSPS) is 11.6. The van der Waals surface area contributed by atoms with Gasteiger partial charge in [-0.2, -0.15) is 0 Å². The monoisotopic (exact) mass is 462 g/mol. The van der Waals surface area contributed by atoms with Crippen molar-refractivity contribution in [3.8, 4) is 0 Å². The van der Waals surface area contributed by atoms with E-state index >= 15 is 0 Å². The minimum absolute atomic E-state index is 0.0438. The number of carbonyl (C=O) groups is 2. The number of carbonyl (C=O) groups excluding carboxylic acids is 2. The molecular weight excluding hydrogens is 432 g/mol. The fourth-order valence-corrected chi connectivity index (χ4v) is 3.91. The lowest BCUT2D eigenvalue weighted by Gasteiger charge is -2.31. The molecule has 33 heavy (non-hydrogen) atoms. The molecule has 1 atom stereocenters. The second-order valence-electron chi connectivity index (χ2n) is 8.23.